The molecule has 3 aromatic rings. The van der Waals surface area contributed by atoms with E-state index >= 15 is 0 Å². The number of carbonyl (C=O) groups is 1. The van der Waals surface area contributed by atoms with Gasteiger partial charge in [-0.2, -0.15) is 4.98 Å². The number of ether oxygens (including phenoxy) is 2. The summed E-state index contributed by atoms with van der Waals surface area (Å²) < 4.78 is 11.8. The fraction of sp³-hybridized carbons (Fsp3) is 0.0625. The zero-order valence-corrected chi connectivity index (χ0v) is 14.0. The number of halogens is 2. The van der Waals surface area contributed by atoms with Crippen LogP contribution in [0.5, 0.6) is 11.8 Å². The monoisotopic (exact) mass is 363 g/mol. The fourth-order valence-corrected chi connectivity index (χ4v) is 2.52. The second kappa shape index (κ2) is 6.90. The van der Waals surface area contributed by atoms with Gasteiger partial charge in [0.1, 0.15) is 11.9 Å². The maximum absolute atomic E-state index is 12.4. The van der Waals surface area contributed by atoms with Crippen molar-refractivity contribution in [3.8, 4) is 17.4 Å². The third kappa shape index (κ3) is 3.20. The van der Waals surface area contributed by atoms with Crippen LogP contribution in [0.15, 0.2) is 48.8 Å². The van der Waals surface area contributed by atoms with Gasteiger partial charge in [0.05, 0.1) is 22.8 Å². The lowest BCUT2D eigenvalue weighted by atomic mass is 10.2. The topological polar surface area (TPSA) is 66.2 Å². The van der Waals surface area contributed by atoms with E-state index in [4.69, 9.17) is 32.7 Å². The van der Waals surface area contributed by atoms with Crippen LogP contribution in [0.4, 0.5) is 0 Å². The van der Waals surface area contributed by atoms with Gasteiger partial charge in [0, 0.05) is 0 Å². The molecule has 0 aliphatic rings. The molecule has 0 aliphatic heterocycles. The number of hydrogen-bond donors (Lipinski definition) is 0. The van der Waals surface area contributed by atoms with Crippen LogP contribution >= 0.6 is 23.2 Å². The number of aromatic nitrogens is 3. The maximum atomic E-state index is 12.4. The molecule has 8 heteroatoms. The third-order valence-electron chi connectivity index (χ3n) is 3.14. The molecule has 1 heterocycles. The molecule has 24 heavy (non-hydrogen) atoms. The standard InChI is InChI=1S/C16H11Cl2N3O3/c1-23-14-12(18)8-7-11(17)13(14)15(22)24-16-19-9-21(20-16)10-5-3-2-4-6-10/h2-9H,1H3. The van der Waals surface area contributed by atoms with Crippen molar-refractivity contribution in [1.29, 1.82) is 0 Å². The summed E-state index contributed by atoms with van der Waals surface area (Å²) in [6.07, 6.45) is 1.44. The molecule has 6 nitrogen and oxygen atoms in total. The highest BCUT2D eigenvalue weighted by Crippen LogP contribution is 2.34. The Balaban J connectivity index is 1.87. The molecule has 0 saturated carbocycles. The molecule has 0 bridgehead atoms. The van der Waals surface area contributed by atoms with Crippen molar-refractivity contribution in [2.24, 2.45) is 0 Å². The van der Waals surface area contributed by atoms with Gasteiger partial charge in [0.25, 0.3) is 0 Å². The molecule has 1 aromatic heterocycles. The Labute approximate surface area is 147 Å². The Morgan fingerprint density at radius 3 is 2.50 bits per heavy atom. The smallest absolute Gasteiger partial charge is 0.351 e. The lowest BCUT2D eigenvalue weighted by Crippen LogP contribution is -2.12. The van der Waals surface area contributed by atoms with Gasteiger partial charge in [-0.25, -0.2) is 9.48 Å². The predicted molar refractivity (Wildman–Crippen MR) is 89.3 cm³/mol. The van der Waals surface area contributed by atoms with Crippen LogP contribution in [-0.2, 0) is 0 Å². The van der Waals surface area contributed by atoms with E-state index in [0.29, 0.717) is 0 Å². The van der Waals surface area contributed by atoms with Crippen LogP contribution in [0.25, 0.3) is 5.69 Å². The average Bonchev–Trinajstić information content (AvgIpc) is 3.05. The molecule has 0 unspecified atom stereocenters. The molecular weight excluding hydrogens is 353 g/mol. The van der Waals surface area contributed by atoms with E-state index in [0.717, 1.165) is 5.69 Å². The highest BCUT2D eigenvalue weighted by Gasteiger charge is 2.22. The number of esters is 1. The van der Waals surface area contributed by atoms with Gasteiger partial charge in [-0.1, -0.05) is 41.4 Å². The first-order valence-corrected chi connectivity index (χ1v) is 7.57. The lowest BCUT2D eigenvalue weighted by molar-refractivity contribution is 0.0716. The van der Waals surface area contributed by atoms with E-state index < -0.39 is 5.97 Å². The van der Waals surface area contributed by atoms with E-state index in [1.165, 1.54) is 30.3 Å². The average molecular weight is 364 g/mol. The van der Waals surface area contributed by atoms with Gasteiger partial charge in [-0.3, -0.25) is 0 Å². The lowest BCUT2D eigenvalue weighted by Gasteiger charge is -2.10. The van der Waals surface area contributed by atoms with Crippen LogP contribution in [0.3, 0.4) is 0 Å². The normalized spacial score (nSPS) is 10.5. The quantitative estimate of drug-likeness (QED) is 0.659. The minimum Gasteiger partial charge on any atom is -0.494 e. The molecule has 0 amide bonds. The molecule has 0 saturated heterocycles. The van der Waals surface area contributed by atoms with Crippen LogP contribution < -0.4 is 9.47 Å². The van der Waals surface area contributed by atoms with Gasteiger partial charge >= 0.3 is 12.0 Å². The molecule has 122 valence electrons. The molecule has 0 fully saturated rings. The summed E-state index contributed by atoms with van der Waals surface area (Å²) >= 11 is 12.1. The van der Waals surface area contributed by atoms with Gasteiger partial charge in [-0.05, 0) is 24.3 Å². The van der Waals surface area contributed by atoms with Gasteiger partial charge < -0.3 is 9.47 Å². The van der Waals surface area contributed by atoms with Crippen molar-refractivity contribution in [1.82, 2.24) is 14.8 Å². The Morgan fingerprint density at radius 2 is 1.79 bits per heavy atom. The zero-order valence-electron chi connectivity index (χ0n) is 12.4. The third-order valence-corrected chi connectivity index (χ3v) is 3.76. The Hall–Kier alpha value is -2.57. The molecule has 3 rings (SSSR count). The number of carbonyl (C=O) groups excluding carboxylic acids is 1. The Morgan fingerprint density at radius 1 is 1.08 bits per heavy atom. The van der Waals surface area contributed by atoms with Gasteiger partial charge in [-0.15, -0.1) is 5.10 Å². The number of methoxy groups -OCH3 is 1. The van der Waals surface area contributed by atoms with Crippen LogP contribution in [-0.4, -0.2) is 27.8 Å². The molecule has 0 N–H and O–H groups in total. The Bertz CT molecular complexity index is 882. The Kier molecular flexibility index (Phi) is 4.69. The maximum Gasteiger partial charge on any atom is 0.351 e. The van der Waals surface area contributed by atoms with E-state index in [-0.39, 0.29) is 27.4 Å². The first-order valence-electron chi connectivity index (χ1n) is 6.81. The second-order valence-electron chi connectivity index (χ2n) is 4.63. The summed E-state index contributed by atoms with van der Waals surface area (Å²) in [5.74, 6) is -0.623. The van der Waals surface area contributed by atoms with Crippen molar-refractivity contribution < 1.29 is 14.3 Å². The molecule has 2 aromatic carbocycles. The highest BCUT2D eigenvalue weighted by atomic mass is 35.5. The molecular formula is C16H11Cl2N3O3. The number of hydrogen-bond acceptors (Lipinski definition) is 5. The van der Waals surface area contributed by atoms with Gasteiger partial charge in [0.2, 0.25) is 0 Å². The van der Waals surface area contributed by atoms with Crippen LogP contribution in [0.1, 0.15) is 10.4 Å². The largest absolute Gasteiger partial charge is 0.494 e. The summed E-state index contributed by atoms with van der Waals surface area (Å²) in [6, 6.07) is 12.2. The first kappa shape index (κ1) is 16.3. The fourth-order valence-electron chi connectivity index (χ4n) is 2.06. The van der Waals surface area contributed by atoms with Gasteiger partial charge in [0.15, 0.2) is 5.75 Å². The summed E-state index contributed by atoms with van der Waals surface area (Å²) in [7, 11) is 1.39. The number of rotatable bonds is 4. The highest BCUT2D eigenvalue weighted by molar-refractivity contribution is 6.37. The zero-order chi connectivity index (χ0) is 17.1. The predicted octanol–water partition coefficient (Wildman–Crippen LogP) is 3.80. The van der Waals surface area contributed by atoms with E-state index in [9.17, 15) is 4.79 Å². The molecule has 0 spiro atoms. The van der Waals surface area contributed by atoms with Crippen molar-refractivity contribution >= 4 is 29.2 Å². The summed E-state index contributed by atoms with van der Waals surface area (Å²) in [5, 5.41) is 4.50. The number of nitrogens with zero attached hydrogens (tertiary/aromatic N) is 3. The molecule has 0 atom stereocenters. The van der Waals surface area contributed by atoms with E-state index in [1.54, 1.807) is 0 Å². The summed E-state index contributed by atoms with van der Waals surface area (Å²) in [4.78, 5) is 16.3. The summed E-state index contributed by atoms with van der Waals surface area (Å²) in [5.41, 5.74) is 0.799. The SMILES string of the molecule is COc1c(Cl)ccc(Cl)c1C(=O)Oc1ncn(-c2ccccc2)n1. The van der Waals surface area contributed by atoms with Crippen LogP contribution in [0.2, 0.25) is 10.0 Å². The minimum atomic E-state index is -0.759. The van der Waals surface area contributed by atoms with Crippen molar-refractivity contribution in [3.63, 3.8) is 0 Å². The minimum absolute atomic E-state index is 0.0164. The van der Waals surface area contributed by atoms with Crippen LogP contribution in [0, 0.1) is 0 Å². The van der Waals surface area contributed by atoms with Crippen molar-refractivity contribution in [2.45, 2.75) is 0 Å². The summed E-state index contributed by atoms with van der Waals surface area (Å²) in [6.45, 7) is 0. The van der Waals surface area contributed by atoms with Crippen molar-refractivity contribution in [2.75, 3.05) is 7.11 Å². The first-order chi connectivity index (χ1) is 11.6. The number of para-hydroxylation sites is 1. The number of benzene rings is 2. The molecule has 0 radical (unpaired) electrons. The molecule has 0 aliphatic carbocycles. The van der Waals surface area contributed by atoms with Crippen molar-refractivity contribution in [3.05, 3.63) is 64.4 Å². The van der Waals surface area contributed by atoms with E-state index in [2.05, 4.69) is 10.1 Å². The van der Waals surface area contributed by atoms with E-state index in [1.807, 2.05) is 30.3 Å². The second-order valence-corrected chi connectivity index (χ2v) is 5.45.